The van der Waals surface area contributed by atoms with Crippen molar-refractivity contribution in [3.63, 3.8) is 0 Å². The van der Waals surface area contributed by atoms with Crippen molar-refractivity contribution >= 4 is 5.91 Å². The number of carbonyl (C=O) groups is 1. The van der Waals surface area contributed by atoms with E-state index in [1.165, 1.54) is 30.9 Å². The first-order valence-corrected chi connectivity index (χ1v) is 18.9. The molecule has 0 bridgehead atoms. The van der Waals surface area contributed by atoms with Crippen LogP contribution in [0.5, 0.6) is 0 Å². The Morgan fingerprint density at radius 3 is 2.31 bits per heavy atom. The molecule has 0 aliphatic carbocycles. The molecule has 10 nitrogen and oxygen atoms in total. The van der Waals surface area contributed by atoms with E-state index < -0.39 is 0 Å². The number of hydrogen-bond donors (Lipinski definition) is 1. The Bertz CT molecular complexity index is 1290. The molecule has 1 aromatic carbocycles. The van der Waals surface area contributed by atoms with Gasteiger partial charge in [-0.1, -0.05) is 48.4 Å². The number of aromatic nitrogens is 3. The van der Waals surface area contributed by atoms with Gasteiger partial charge in [0.1, 0.15) is 18.1 Å². The Balaban J connectivity index is 0.860. The van der Waals surface area contributed by atoms with E-state index >= 15 is 0 Å². The molecule has 2 aromatic heterocycles. The van der Waals surface area contributed by atoms with Crippen molar-refractivity contribution < 1.29 is 28.2 Å². The molecule has 0 unspecified atom stereocenters. The monoisotopic (exact) mass is 678 g/mol. The number of rotatable bonds is 23. The Kier molecular flexibility index (Phi) is 16.6. The molecule has 4 atom stereocenters. The fraction of sp³-hybridized carbons (Fsp3) is 0.667. The van der Waals surface area contributed by atoms with Gasteiger partial charge >= 0.3 is 0 Å². The molecule has 1 N–H and O–H groups in total. The second-order valence-electron chi connectivity index (χ2n) is 13.7. The molecule has 2 saturated heterocycles. The zero-order valence-electron chi connectivity index (χ0n) is 29.4. The highest BCUT2D eigenvalue weighted by molar-refractivity contribution is 5.93. The molecule has 3 aromatic rings. The number of nitrogens with one attached hydrogen (secondary N) is 1. The van der Waals surface area contributed by atoms with Crippen LogP contribution < -0.4 is 5.32 Å². The SMILES string of the molecule is O=C(NCCCCCCOCCCC[C@H]1CCC[C@@H](Cn2cc([C@@H]3CCC[C@H](CCCCOCc4ccccc4)O3)nn2)O1)c1ccoc1. The molecule has 270 valence electrons. The smallest absolute Gasteiger partial charge is 0.254 e. The summed E-state index contributed by atoms with van der Waals surface area (Å²) in [6.45, 7) is 4.54. The fourth-order valence-electron chi connectivity index (χ4n) is 6.82. The topological polar surface area (TPSA) is 110 Å². The maximum absolute atomic E-state index is 11.9. The Labute approximate surface area is 292 Å². The molecule has 0 radical (unpaired) electrons. The second kappa shape index (κ2) is 21.9. The highest BCUT2D eigenvalue weighted by atomic mass is 16.5. The van der Waals surface area contributed by atoms with Crippen molar-refractivity contribution in [2.24, 2.45) is 0 Å². The van der Waals surface area contributed by atoms with Gasteiger partial charge in [0.05, 0.1) is 49.5 Å². The standard InChI is InChI=1S/C39H58N4O6/c44-39(33-22-27-47-31-33)40-23-8-1-2-9-24-45-25-10-6-16-34-18-12-20-36(48-34)28-43-29-37(41-42-43)38-21-13-19-35(49-38)17-7-11-26-46-30-32-14-4-3-5-15-32/h3-5,14-15,22,27,29,31,34-36,38H,1-2,6-13,16-21,23-26,28,30H2,(H,40,44)/t34-,35-,36-,38-/m0/s1. The summed E-state index contributed by atoms with van der Waals surface area (Å²) in [5.41, 5.74) is 2.76. The summed E-state index contributed by atoms with van der Waals surface area (Å²) in [6.07, 6.45) is 23.4. The van der Waals surface area contributed by atoms with Gasteiger partial charge in [-0.05, 0) is 102 Å². The van der Waals surface area contributed by atoms with Crippen LogP contribution in [-0.4, -0.2) is 65.6 Å². The van der Waals surface area contributed by atoms with Gasteiger partial charge in [0.15, 0.2) is 0 Å². The minimum Gasteiger partial charge on any atom is -0.472 e. The van der Waals surface area contributed by atoms with Crippen LogP contribution in [0.3, 0.4) is 0 Å². The first kappa shape index (κ1) is 37.2. The summed E-state index contributed by atoms with van der Waals surface area (Å²) < 4.78 is 31.6. The van der Waals surface area contributed by atoms with Crippen molar-refractivity contribution in [3.8, 4) is 0 Å². The van der Waals surface area contributed by atoms with Crippen molar-refractivity contribution in [3.05, 3.63) is 71.9 Å². The van der Waals surface area contributed by atoms with E-state index in [2.05, 4.69) is 46.1 Å². The van der Waals surface area contributed by atoms with Gasteiger partial charge in [-0.25, -0.2) is 4.68 Å². The van der Waals surface area contributed by atoms with Crippen LogP contribution in [0.4, 0.5) is 0 Å². The van der Waals surface area contributed by atoms with Crippen LogP contribution in [-0.2, 0) is 32.1 Å². The van der Waals surface area contributed by atoms with E-state index in [0.29, 0.717) is 24.8 Å². The second-order valence-corrected chi connectivity index (χ2v) is 13.7. The van der Waals surface area contributed by atoms with Crippen molar-refractivity contribution in [2.75, 3.05) is 26.4 Å². The number of amides is 1. The fourth-order valence-corrected chi connectivity index (χ4v) is 6.82. The van der Waals surface area contributed by atoms with E-state index in [4.69, 9.17) is 23.4 Å². The van der Waals surface area contributed by atoms with Crippen molar-refractivity contribution in [2.45, 2.75) is 140 Å². The number of hydrogen-bond acceptors (Lipinski definition) is 8. The summed E-state index contributed by atoms with van der Waals surface area (Å²) >= 11 is 0. The molecular weight excluding hydrogens is 620 g/mol. The zero-order chi connectivity index (χ0) is 33.8. The number of furan rings is 1. The summed E-state index contributed by atoms with van der Waals surface area (Å²) in [5.74, 6) is -0.0715. The summed E-state index contributed by atoms with van der Waals surface area (Å²) in [6, 6.07) is 12.0. The lowest BCUT2D eigenvalue weighted by atomic mass is 9.99. The molecule has 0 spiro atoms. The number of ether oxygens (including phenoxy) is 4. The molecule has 2 fully saturated rings. The predicted molar refractivity (Wildman–Crippen MR) is 188 cm³/mol. The van der Waals surface area contributed by atoms with Gasteiger partial charge < -0.3 is 28.7 Å². The first-order chi connectivity index (χ1) is 24.2. The Morgan fingerprint density at radius 1 is 0.796 bits per heavy atom. The van der Waals surface area contributed by atoms with E-state index in [9.17, 15) is 4.79 Å². The summed E-state index contributed by atoms with van der Waals surface area (Å²) in [4.78, 5) is 11.9. The Morgan fingerprint density at radius 2 is 1.51 bits per heavy atom. The lowest BCUT2D eigenvalue weighted by Gasteiger charge is -2.30. The average molecular weight is 679 g/mol. The minimum atomic E-state index is -0.0715. The molecule has 2 aliphatic heterocycles. The Hall–Kier alpha value is -3.05. The van der Waals surface area contributed by atoms with E-state index in [-0.39, 0.29) is 24.2 Å². The molecule has 1 amide bonds. The lowest BCUT2D eigenvalue weighted by Crippen LogP contribution is -2.31. The van der Waals surface area contributed by atoms with Crippen LogP contribution in [0.2, 0.25) is 0 Å². The molecule has 4 heterocycles. The third kappa shape index (κ3) is 14.0. The zero-order valence-corrected chi connectivity index (χ0v) is 29.4. The molecule has 2 aliphatic rings. The summed E-state index contributed by atoms with van der Waals surface area (Å²) in [7, 11) is 0. The molecular formula is C39H58N4O6. The van der Waals surface area contributed by atoms with Gasteiger partial charge in [0.2, 0.25) is 0 Å². The normalized spacial score (nSPS) is 21.1. The summed E-state index contributed by atoms with van der Waals surface area (Å²) in [5, 5.41) is 11.9. The quantitative estimate of drug-likeness (QED) is 0.101. The van der Waals surface area contributed by atoms with Crippen LogP contribution in [0.25, 0.3) is 0 Å². The van der Waals surface area contributed by atoms with E-state index in [1.54, 1.807) is 6.07 Å². The number of nitrogens with zero attached hydrogens (tertiary/aromatic N) is 3. The average Bonchev–Trinajstić information content (AvgIpc) is 3.84. The van der Waals surface area contributed by atoms with Gasteiger partial charge in [-0.15, -0.1) is 5.10 Å². The van der Waals surface area contributed by atoms with Crippen LogP contribution in [0.1, 0.15) is 130 Å². The van der Waals surface area contributed by atoms with Crippen LogP contribution in [0, 0.1) is 0 Å². The third-order valence-electron chi connectivity index (χ3n) is 9.59. The third-order valence-corrected chi connectivity index (χ3v) is 9.59. The van der Waals surface area contributed by atoms with E-state index in [1.807, 2.05) is 10.7 Å². The maximum atomic E-state index is 11.9. The molecule has 10 heteroatoms. The highest BCUT2D eigenvalue weighted by Crippen LogP contribution is 2.32. The molecule has 0 saturated carbocycles. The number of benzene rings is 1. The van der Waals surface area contributed by atoms with Gasteiger partial charge in [-0.3, -0.25) is 4.79 Å². The van der Waals surface area contributed by atoms with Crippen LogP contribution >= 0.6 is 0 Å². The van der Waals surface area contributed by atoms with Gasteiger partial charge in [0.25, 0.3) is 5.91 Å². The van der Waals surface area contributed by atoms with Crippen LogP contribution in [0.15, 0.2) is 59.5 Å². The number of carbonyl (C=O) groups excluding carboxylic acids is 1. The molecule has 49 heavy (non-hydrogen) atoms. The largest absolute Gasteiger partial charge is 0.472 e. The van der Waals surface area contributed by atoms with E-state index in [0.717, 1.165) is 122 Å². The first-order valence-electron chi connectivity index (χ1n) is 18.9. The van der Waals surface area contributed by atoms with Crippen molar-refractivity contribution in [1.29, 1.82) is 0 Å². The van der Waals surface area contributed by atoms with Gasteiger partial charge in [0, 0.05) is 26.4 Å². The maximum Gasteiger partial charge on any atom is 0.254 e. The minimum absolute atomic E-state index is 0.0387. The van der Waals surface area contributed by atoms with Crippen molar-refractivity contribution in [1.82, 2.24) is 20.3 Å². The number of unbranched alkanes of at least 4 members (excludes halogenated alkanes) is 5. The molecule has 5 rings (SSSR count). The van der Waals surface area contributed by atoms with Gasteiger partial charge in [-0.2, -0.15) is 0 Å². The lowest BCUT2D eigenvalue weighted by molar-refractivity contribution is -0.0630. The predicted octanol–water partition coefficient (Wildman–Crippen LogP) is 7.98. The highest BCUT2D eigenvalue weighted by Gasteiger charge is 2.27.